The molecule has 0 bridgehead atoms. The predicted octanol–water partition coefficient (Wildman–Crippen LogP) is 7.04. The molecule has 0 atom stereocenters. The van der Waals surface area contributed by atoms with Gasteiger partial charge in [0.05, 0.1) is 0 Å². The van der Waals surface area contributed by atoms with Crippen molar-refractivity contribution in [2.45, 2.75) is 136 Å². The Morgan fingerprint density at radius 1 is 0.600 bits per heavy atom. The lowest BCUT2D eigenvalue weighted by Crippen LogP contribution is -2.48. The van der Waals surface area contributed by atoms with Gasteiger partial charge in [-0.2, -0.15) is 0 Å². The van der Waals surface area contributed by atoms with Crippen LogP contribution in [0, 0.1) is 0 Å². The van der Waals surface area contributed by atoms with Crippen molar-refractivity contribution < 1.29 is 9.59 Å². The summed E-state index contributed by atoms with van der Waals surface area (Å²) < 4.78 is 0. The number of amides is 2. The smallest absolute Gasteiger partial charge is 0.222 e. The van der Waals surface area contributed by atoms with Crippen LogP contribution in [0.15, 0.2) is 0 Å². The van der Waals surface area contributed by atoms with Crippen LogP contribution in [-0.2, 0) is 9.59 Å². The molecule has 1 saturated heterocycles. The SMILES string of the molecule is CCCCCCCCCCN(CCCCCCCCCC)CCCCC(=O)N1CCN(C=O)CC1. The first kappa shape index (κ1) is 31.9. The highest BCUT2D eigenvalue weighted by Crippen LogP contribution is 2.12. The van der Waals surface area contributed by atoms with Crippen molar-refractivity contribution in [2.75, 3.05) is 45.8 Å². The summed E-state index contributed by atoms with van der Waals surface area (Å²) in [6, 6.07) is 0. The minimum atomic E-state index is 0.272. The van der Waals surface area contributed by atoms with Crippen molar-refractivity contribution in [3.63, 3.8) is 0 Å². The maximum absolute atomic E-state index is 12.5. The number of hydrogen-bond acceptors (Lipinski definition) is 3. The predicted molar refractivity (Wildman–Crippen MR) is 150 cm³/mol. The van der Waals surface area contributed by atoms with Crippen LogP contribution in [0.1, 0.15) is 136 Å². The van der Waals surface area contributed by atoms with Gasteiger partial charge in [0.15, 0.2) is 0 Å². The zero-order chi connectivity index (χ0) is 25.4. The fraction of sp³-hybridized carbons (Fsp3) is 0.933. The summed E-state index contributed by atoms with van der Waals surface area (Å²) >= 11 is 0. The Balaban J connectivity index is 2.21. The minimum Gasteiger partial charge on any atom is -0.342 e. The van der Waals surface area contributed by atoms with E-state index in [4.69, 9.17) is 0 Å². The third kappa shape index (κ3) is 17.9. The summed E-state index contributed by atoms with van der Waals surface area (Å²) in [6.07, 6.45) is 25.7. The van der Waals surface area contributed by atoms with Crippen LogP contribution >= 0.6 is 0 Å². The van der Waals surface area contributed by atoms with Crippen LogP contribution in [0.4, 0.5) is 0 Å². The van der Waals surface area contributed by atoms with Crippen LogP contribution in [0.2, 0.25) is 0 Å². The molecule has 1 aliphatic rings. The molecule has 0 N–H and O–H groups in total. The lowest BCUT2D eigenvalue weighted by atomic mass is 10.1. The van der Waals surface area contributed by atoms with Gasteiger partial charge in [0.2, 0.25) is 12.3 Å². The van der Waals surface area contributed by atoms with Gasteiger partial charge in [0.1, 0.15) is 0 Å². The third-order valence-corrected chi connectivity index (χ3v) is 7.59. The molecule has 0 radical (unpaired) electrons. The Hall–Kier alpha value is -1.10. The first-order valence-electron chi connectivity index (χ1n) is 15.4. The number of piperazine rings is 1. The van der Waals surface area contributed by atoms with Crippen LogP contribution in [0.25, 0.3) is 0 Å². The molecule has 0 aromatic carbocycles. The van der Waals surface area contributed by atoms with E-state index in [1.165, 1.54) is 116 Å². The first-order chi connectivity index (χ1) is 17.2. The molecule has 0 unspecified atom stereocenters. The Bertz CT molecular complexity index is 472. The minimum absolute atomic E-state index is 0.272. The Morgan fingerprint density at radius 3 is 1.43 bits per heavy atom. The summed E-state index contributed by atoms with van der Waals surface area (Å²) in [5, 5.41) is 0. The highest BCUT2D eigenvalue weighted by molar-refractivity contribution is 5.76. The highest BCUT2D eigenvalue weighted by Gasteiger charge is 2.19. The molecule has 0 spiro atoms. The maximum Gasteiger partial charge on any atom is 0.222 e. The summed E-state index contributed by atoms with van der Waals surface area (Å²) in [7, 11) is 0. The van der Waals surface area contributed by atoms with Gasteiger partial charge in [-0.25, -0.2) is 0 Å². The molecule has 5 nitrogen and oxygen atoms in total. The second-order valence-corrected chi connectivity index (χ2v) is 10.8. The van der Waals surface area contributed by atoms with Gasteiger partial charge in [0, 0.05) is 32.6 Å². The van der Waals surface area contributed by atoms with Gasteiger partial charge in [0.25, 0.3) is 0 Å². The fourth-order valence-electron chi connectivity index (χ4n) is 5.12. The Kier molecular flexibility index (Phi) is 21.3. The second kappa shape index (κ2) is 23.3. The van der Waals surface area contributed by atoms with Crippen molar-refractivity contribution in [1.82, 2.24) is 14.7 Å². The number of rotatable bonds is 24. The molecule has 5 heteroatoms. The summed E-state index contributed by atoms with van der Waals surface area (Å²) in [5.41, 5.74) is 0. The zero-order valence-electron chi connectivity index (χ0n) is 23.6. The van der Waals surface area contributed by atoms with E-state index in [2.05, 4.69) is 18.7 Å². The van der Waals surface area contributed by atoms with Gasteiger partial charge in [-0.1, -0.05) is 104 Å². The molecule has 1 fully saturated rings. The molecule has 0 saturated carbocycles. The summed E-state index contributed by atoms with van der Waals surface area (Å²) in [4.78, 5) is 29.8. The fourth-order valence-corrected chi connectivity index (χ4v) is 5.12. The number of nitrogens with zero attached hydrogens (tertiary/aromatic N) is 3. The van der Waals surface area contributed by atoms with Crippen molar-refractivity contribution in [3.8, 4) is 0 Å². The normalized spacial score (nSPS) is 14.1. The van der Waals surface area contributed by atoms with E-state index in [1.54, 1.807) is 4.90 Å². The van der Waals surface area contributed by atoms with E-state index in [0.717, 1.165) is 25.8 Å². The zero-order valence-corrected chi connectivity index (χ0v) is 23.6. The molecule has 1 rings (SSSR count). The van der Waals surface area contributed by atoms with Crippen molar-refractivity contribution in [2.24, 2.45) is 0 Å². The topological polar surface area (TPSA) is 43.9 Å². The molecule has 1 heterocycles. The van der Waals surface area contributed by atoms with Crippen molar-refractivity contribution in [1.29, 1.82) is 0 Å². The lowest BCUT2D eigenvalue weighted by Gasteiger charge is -2.32. The number of carbonyl (C=O) groups is 2. The molecule has 206 valence electrons. The molecule has 35 heavy (non-hydrogen) atoms. The van der Waals surface area contributed by atoms with E-state index in [0.29, 0.717) is 32.6 Å². The molecule has 1 aliphatic heterocycles. The van der Waals surface area contributed by atoms with Crippen molar-refractivity contribution >= 4 is 12.3 Å². The number of unbranched alkanes of at least 4 members (excludes halogenated alkanes) is 15. The lowest BCUT2D eigenvalue weighted by molar-refractivity contribution is -0.135. The Labute approximate surface area is 218 Å². The highest BCUT2D eigenvalue weighted by atomic mass is 16.2. The second-order valence-electron chi connectivity index (χ2n) is 10.8. The molecule has 2 amide bonds. The third-order valence-electron chi connectivity index (χ3n) is 7.59. The molecular formula is C30H59N3O2. The van der Waals surface area contributed by atoms with Gasteiger partial charge in [-0.05, 0) is 45.3 Å². The Morgan fingerprint density at radius 2 is 1.00 bits per heavy atom. The van der Waals surface area contributed by atoms with Crippen molar-refractivity contribution in [3.05, 3.63) is 0 Å². The van der Waals surface area contributed by atoms with E-state index in [1.807, 2.05) is 4.90 Å². The summed E-state index contributed by atoms with van der Waals surface area (Å²) in [6.45, 7) is 10.9. The van der Waals surface area contributed by atoms with Crippen LogP contribution < -0.4 is 0 Å². The molecular weight excluding hydrogens is 434 g/mol. The standard InChI is InChI=1S/C30H59N3O2/c1-3-5-7-9-11-13-15-18-22-31(23-19-16-14-12-10-8-6-4-2)24-20-17-21-30(35)33-27-25-32(29-34)26-28-33/h29H,3-28H2,1-2H3. The maximum atomic E-state index is 12.5. The largest absolute Gasteiger partial charge is 0.342 e. The van der Waals surface area contributed by atoms with Gasteiger partial charge >= 0.3 is 0 Å². The number of carbonyl (C=O) groups excluding carboxylic acids is 2. The first-order valence-corrected chi connectivity index (χ1v) is 15.4. The number of hydrogen-bond donors (Lipinski definition) is 0. The monoisotopic (exact) mass is 493 g/mol. The van der Waals surface area contributed by atoms with Crippen LogP contribution in [-0.4, -0.2) is 72.8 Å². The van der Waals surface area contributed by atoms with Crippen LogP contribution in [0.5, 0.6) is 0 Å². The molecule has 0 aliphatic carbocycles. The van der Waals surface area contributed by atoms with E-state index < -0.39 is 0 Å². The average Bonchev–Trinajstić information content (AvgIpc) is 2.89. The quantitative estimate of drug-likeness (QED) is 0.107. The van der Waals surface area contributed by atoms with E-state index in [-0.39, 0.29) is 5.91 Å². The van der Waals surface area contributed by atoms with Gasteiger partial charge in [-0.3, -0.25) is 9.59 Å². The van der Waals surface area contributed by atoms with Crippen LogP contribution in [0.3, 0.4) is 0 Å². The van der Waals surface area contributed by atoms with Gasteiger partial charge < -0.3 is 14.7 Å². The van der Waals surface area contributed by atoms with E-state index in [9.17, 15) is 9.59 Å². The molecule has 0 aromatic heterocycles. The van der Waals surface area contributed by atoms with Gasteiger partial charge in [-0.15, -0.1) is 0 Å². The summed E-state index contributed by atoms with van der Waals surface area (Å²) in [5.74, 6) is 0.272. The van der Waals surface area contributed by atoms with E-state index >= 15 is 0 Å². The molecule has 0 aromatic rings. The average molecular weight is 494 g/mol.